The zero-order valence-corrected chi connectivity index (χ0v) is 22.6. The molecule has 0 spiro atoms. The average molecular weight is 581 g/mol. The number of rotatable bonds is 10. The highest BCUT2D eigenvalue weighted by Gasteiger charge is 2.50. The second-order valence-electron chi connectivity index (χ2n) is 11.3. The van der Waals surface area contributed by atoms with Crippen LogP contribution in [0.2, 0.25) is 0 Å². The average Bonchev–Trinajstić information content (AvgIpc) is 2.95. The summed E-state index contributed by atoms with van der Waals surface area (Å²) in [6, 6.07) is 0. The van der Waals surface area contributed by atoms with E-state index < -0.39 is 92.3 Å². The quantitative estimate of drug-likeness (QED) is 0.153. The van der Waals surface area contributed by atoms with E-state index in [9.17, 15) is 40.5 Å². The van der Waals surface area contributed by atoms with Crippen LogP contribution in [0.3, 0.4) is 0 Å². The van der Waals surface area contributed by atoms with Crippen molar-refractivity contribution in [2.45, 2.75) is 132 Å². The van der Waals surface area contributed by atoms with E-state index >= 15 is 0 Å². The van der Waals surface area contributed by atoms with Gasteiger partial charge in [-0.3, -0.25) is 0 Å². The molecule has 40 heavy (non-hydrogen) atoms. The Bertz CT molecular complexity index is 795. The van der Waals surface area contributed by atoms with Crippen molar-refractivity contribution in [3.05, 3.63) is 0 Å². The molecule has 1 saturated carbocycles. The maximum absolute atomic E-state index is 12.0. The minimum Gasteiger partial charge on any atom is -0.479 e. The van der Waals surface area contributed by atoms with Gasteiger partial charge in [-0.05, 0) is 25.7 Å². The largest absolute Gasteiger partial charge is 0.479 e. The number of ether oxygens (including phenoxy) is 6. The van der Waals surface area contributed by atoms with Crippen LogP contribution in [0.5, 0.6) is 0 Å². The number of carbonyl (C=O) groups is 1. The number of carboxylic acids is 1. The molecule has 0 unspecified atom stereocenters. The number of carboxylic acid groups (broad SMARTS) is 1. The van der Waals surface area contributed by atoms with E-state index in [0.717, 1.165) is 32.1 Å². The van der Waals surface area contributed by atoms with Crippen molar-refractivity contribution in [1.82, 2.24) is 0 Å². The summed E-state index contributed by atoms with van der Waals surface area (Å²) in [7, 11) is 0. The highest BCUT2D eigenvalue weighted by atomic mass is 16.7. The van der Waals surface area contributed by atoms with Crippen LogP contribution in [0.15, 0.2) is 0 Å². The van der Waals surface area contributed by atoms with Gasteiger partial charge in [0.05, 0.1) is 25.4 Å². The van der Waals surface area contributed by atoms with Crippen LogP contribution in [-0.2, 0) is 33.2 Å². The smallest absolute Gasteiger partial charge is 0.332 e. The molecule has 1 aliphatic carbocycles. The first-order chi connectivity index (χ1) is 19.1. The summed E-state index contributed by atoms with van der Waals surface area (Å²) in [5.41, 5.74) is 0. The molecule has 0 aromatic heterocycles. The van der Waals surface area contributed by atoms with Gasteiger partial charge in [0, 0.05) is 6.61 Å². The molecular weight excluding hydrogens is 536 g/mol. The Morgan fingerprint density at radius 3 is 2.20 bits per heavy atom. The third-order valence-corrected chi connectivity index (χ3v) is 8.36. The molecule has 0 radical (unpaired) electrons. The first-order valence-corrected chi connectivity index (χ1v) is 14.2. The summed E-state index contributed by atoms with van der Waals surface area (Å²) in [6.45, 7) is 1.17. The Balaban J connectivity index is 1.43. The van der Waals surface area contributed by atoms with Crippen molar-refractivity contribution in [3.8, 4) is 0 Å². The Morgan fingerprint density at radius 2 is 1.52 bits per heavy atom. The molecule has 0 amide bonds. The van der Waals surface area contributed by atoms with Gasteiger partial charge in [-0.15, -0.1) is 0 Å². The highest BCUT2D eigenvalue weighted by Crippen LogP contribution is 2.33. The van der Waals surface area contributed by atoms with E-state index in [1.807, 2.05) is 0 Å². The Hall–Kier alpha value is -1.01. The molecule has 0 aromatic carbocycles. The molecule has 4 rings (SSSR count). The van der Waals surface area contributed by atoms with Gasteiger partial charge < -0.3 is 64.2 Å². The fourth-order valence-corrected chi connectivity index (χ4v) is 5.90. The number of aliphatic hydroxyl groups excluding tert-OH is 6. The van der Waals surface area contributed by atoms with E-state index in [-0.39, 0.29) is 32.0 Å². The summed E-state index contributed by atoms with van der Waals surface area (Å²) < 4.78 is 34.3. The van der Waals surface area contributed by atoms with Gasteiger partial charge in [0.2, 0.25) is 0 Å². The highest BCUT2D eigenvalue weighted by molar-refractivity contribution is 5.72. The third kappa shape index (κ3) is 7.49. The molecule has 3 heterocycles. The van der Waals surface area contributed by atoms with Gasteiger partial charge in [-0.1, -0.05) is 32.1 Å². The molecule has 13 atom stereocenters. The van der Waals surface area contributed by atoms with Crippen LogP contribution in [0.4, 0.5) is 0 Å². The van der Waals surface area contributed by atoms with Crippen LogP contribution in [0.25, 0.3) is 0 Å². The summed E-state index contributed by atoms with van der Waals surface area (Å²) in [5.74, 6) is -1.05. The first-order valence-electron chi connectivity index (χ1n) is 14.2. The Morgan fingerprint density at radius 1 is 0.850 bits per heavy atom. The maximum atomic E-state index is 12.0. The predicted molar refractivity (Wildman–Crippen MR) is 133 cm³/mol. The van der Waals surface area contributed by atoms with E-state index in [4.69, 9.17) is 28.4 Å². The van der Waals surface area contributed by atoms with Crippen molar-refractivity contribution in [3.63, 3.8) is 0 Å². The van der Waals surface area contributed by atoms with Gasteiger partial charge in [-0.25, -0.2) is 4.79 Å². The monoisotopic (exact) mass is 580 g/mol. The minimum absolute atomic E-state index is 0.0154. The SMILES string of the molecule is C[C@@H]1O[C@@H](O[C@@H]2COCC[C@H]2O[C@@H]2O[C@H](CO)[C@H](O)[C@H](O[C@@H](CC3CCCCC3)C(=O)O)[C@H]2O)[C@@H](O)[C@H](O)[C@@H]1O. The molecule has 3 saturated heterocycles. The van der Waals surface area contributed by atoms with E-state index in [0.29, 0.717) is 0 Å². The van der Waals surface area contributed by atoms with Gasteiger partial charge >= 0.3 is 5.97 Å². The predicted octanol–water partition coefficient (Wildman–Crippen LogP) is -1.75. The first kappa shape index (κ1) is 31.9. The standard InChI is InChI=1S/C26H44O14/c1-12-18(28)20(30)21(31)25(36-12)40-17-11-35-8-7-14(17)38-26-22(32)23(19(29)16(10-27)39-26)37-15(24(33)34)9-13-5-3-2-4-6-13/h12-23,25-32H,2-11H2,1H3,(H,33,34)/t12-,14+,15-,16+,17+,18+,19-,20+,21-,22+,23-,25-,26+/m0/s1. The van der Waals surface area contributed by atoms with Crippen LogP contribution in [0, 0.1) is 5.92 Å². The van der Waals surface area contributed by atoms with Crippen LogP contribution >= 0.6 is 0 Å². The lowest BCUT2D eigenvalue weighted by Gasteiger charge is -2.45. The summed E-state index contributed by atoms with van der Waals surface area (Å²) in [5, 5.41) is 72.0. The van der Waals surface area contributed by atoms with E-state index in [1.54, 1.807) is 0 Å². The third-order valence-electron chi connectivity index (χ3n) is 8.36. The van der Waals surface area contributed by atoms with E-state index in [2.05, 4.69) is 0 Å². The zero-order valence-electron chi connectivity index (χ0n) is 22.6. The zero-order chi connectivity index (χ0) is 29.0. The Kier molecular flexibility index (Phi) is 11.5. The Labute approximate surface area is 232 Å². The topological polar surface area (TPSA) is 214 Å². The summed E-state index contributed by atoms with van der Waals surface area (Å²) in [4.78, 5) is 12.0. The molecule has 4 fully saturated rings. The van der Waals surface area contributed by atoms with Gasteiger partial charge in [0.15, 0.2) is 18.7 Å². The number of hydrogen-bond acceptors (Lipinski definition) is 13. The molecular formula is C26H44O14. The molecule has 7 N–H and O–H groups in total. The van der Waals surface area contributed by atoms with Crippen molar-refractivity contribution < 1.29 is 69.0 Å². The van der Waals surface area contributed by atoms with Gasteiger partial charge in [0.25, 0.3) is 0 Å². The number of aliphatic hydroxyl groups is 6. The van der Waals surface area contributed by atoms with Crippen molar-refractivity contribution in [1.29, 1.82) is 0 Å². The molecule has 232 valence electrons. The fourth-order valence-electron chi connectivity index (χ4n) is 5.90. The van der Waals surface area contributed by atoms with Gasteiger partial charge in [0.1, 0.15) is 48.8 Å². The molecule has 14 nitrogen and oxygen atoms in total. The molecule has 0 bridgehead atoms. The van der Waals surface area contributed by atoms with Gasteiger partial charge in [-0.2, -0.15) is 0 Å². The minimum atomic E-state index is -1.61. The van der Waals surface area contributed by atoms with E-state index in [1.165, 1.54) is 6.92 Å². The summed E-state index contributed by atoms with van der Waals surface area (Å²) >= 11 is 0. The summed E-state index contributed by atoms with van der Waals surface area (Å²) in [6.07, 6.45) is -11.2. The van der Waals surface area contributed by atoms with Crippen LogP contribution in [-0.4, -0.2) is 141 Å². The van der Waals surface area contributed by atoms with Crippen molar-refractivity contribution >= 4 is 5.97 Å². The molecule has 14 heteroatoms. The lowest BCUT2D eigenvalue weighted by atomic mass is 9.85. The fraction of sp³-hybridized carbons (Fsp3) is 0.962. The van der Waals surface area contributed by atoms with Crippen molar-refractivity contribution in [2.75, 3.05) is 19.8 Å². The normalized spacial score (nSPS) is 44.3. The molecule has 4 aliphatic rings. The number of hydrogen-bond donors (Lipinski definition) is 7. The van der Waals surface area contributed by atoms with Crippen LogP contribution in [0.1, 0.15) is 51.9 Å². The lowest BCUT2D eigenvalue weighted by Crippen LogP contribution is -2.63. The molecule has 0 aromatic rings. The van der Waals surface area contributed by atoms with Crippen molar-refractivity contribution in [2.24, 2.45) is 5.92 Å². The second kappa shape index (κ2) is 14.4. The molecule has 3 aliphatic heterocycles. The maximum Gasteiger partial charge on any atom is 0.332 e. The number of aliphatic carboxylic acids is 1. The lowest BCUT2D eigenvalue weighted by molar-refractivity contribution is -0.350. The second-order valence-corrected chi connectivity index (χ2v) is 11.3. The van der Waals surface area contributed by atoms with Crippen LogP contribution < -0.4 is 0 Å².